The van der Waals surface area contributed by atoms with Gasteiger partial charge >= 0.3 is 0 Å². The van der Waals surface area contributed by atoms with Gasteiger partial charge in [-0.15, -0.1) is 0 Å². The van der Waals surface area contributed by atoms with E-state index in [9.17, 15) is 0 Å². The highest BCUT2D eigenvalue weighted by molar-refractivity contribution is 6.18. The monoisotopic (exact) mass is 493 g/mol. The summed E-state index contributed by atoms with van der Waals surface area (Å²) in [6.45, 7) is 14.5. The SMILES string of the molecule is [C-]#[N+]c1ccc(-c2ccc(C(C)(C)c3ccccc3)cc2)c2oc3c(-c4cccc[n+]4C)c(C)ccc3c12. The van der Waals surface area contributed by atoms with Crippen molar-refractivity contribution in [2.75, 3.05) is 0 Å². The molecule has 0 bridgehead atoms. The van der Waals surface area contributed by atoms with Crippen LogP contribution in [0, 0.1) is 13.5 Å². The van der Waals surface area contributed by atoms with Crippen molar-refractivity contribution in [2.24, 2.45) is 7.05 Å². The molecule has 38 heavy (non-hydrogen) atoms. The molecule has 0 N–H and O–H groups in total. The summed E-state index contributed by atoms with van der Waals surface area (Å²) in [7, 11) is 2.05. The number of rotatable bonds is 4. The molecule has 2 aromatic heterocycles. The molecule has 0 aliphatic rings. The summed E-state index contributed by atoms with van der Waals surface area (Å²) >= 11 is 0. The lowest BCUT2D eigenvalue weighted by atomic mass is 9.78. The number of aromatic nitrogens is 1. The molecule has 4 aromatic carbocycles. The number of hydrogen-bond donors (Lipinski definition) is 0. The van der Waals surface area contributed by atoms with Gasteiger partial charge in [-0.2, -0.15) is 0 Å². The Kier molecular flexibility index (Phi) is 5.62. The Hall–Kier alpha value is -4.68. The van der Waals surface area contributed by atoms with Crippen LogP contribution in [0.3, 0.4) is 0 Å². The van der Waals surface area contributed by atoms with Gasteiger partial charge in [0.1, 0.15) is 18.2 Å². The number of aryl methyl sites for hydroxylation is 2. The van der Waals surface area contributed by atoms with Gasteiger partial charge in [0.25, 0.3) is 0 Å². The van der Waals surface area contributed by atoms with Crippen LogP contribution in [0.1, 0.15) is 30.5 Å². The van der Waals surface area contributed by atoms with E-state index < -0.39 is 0 Å². The minimum atomic E-state index is -0.111. The van der Waals surface area contributed by atoms with E-state index in [1.165, 1.54) is 11.1 Å². The van der Waals surface area contributed by atoms with Crippen molar-refractivity contribution in [2.45, 2.75) is 26.2 Å². The molecule has 6 aromatic rings. The van der Waals surface area contributed by atoms with Crippen LogP contribution in [0.5, 0.6) is 0 Å². The van der Waals surface area contributed by atoms with Gasteiger partial charge in [0.2, 0.25) is 5.69 Å². The lowest BCUT2D eigenvalue weighted by Crippen LogP contribution is -2.30. The molecule has 0 saturated heterocycles. The summed E-state index contributed by atoms with van der Waals surface area (Å²) in [5, 5.41) is 1.85. The topological polar surface area (TPSA) is 21.4 Å². The lowest BCUT2D eigenvalue weighted by molar-refractivity contribution is -0.660. The summed E-state index contributed by atoms with van der Waals surface area (Å²) in [5.41, 5.74) is 9.95. The fourth-order valence-corrected chi connectivity index (χ4v) is 5.53. The van der Waals surface area contributed by atoms with Gasteiger partial charge < -0.3 is 4.42 Å². The van der Waals surface area contributed by atoms with E-state index in [4.69, 9.17) is 11.0 Å². The van der Waals surface area contributed by atoms with Crippen LogP contribution < -0.4 is 4.57 Å². The van der Waals surface area contributed by atoms with Gasteiger partial charge in [0.15, 0.2) is 11.9 Å². The van der Waals surface area contributed by atoms with Crippen LogP contribution >= 0.6 is 0 Å². The third-order valence-electron chi connectivity index (χ3n) is 7.82. The molecule has 0 aliphatic heterocycles. The lowest BCUT2D eigenvalue weighted by Gasteiger charge is -2.26. The minimum absolute atomic E-state index is 0.111. The summed E-state index contributed by atoms with van der Waals surface area (Å²) < 4.78 is 8.82. The van der Waals surface area contributed by atoms with Crippen molar-refractivity contribution in [3.63, 3.8) is 0 Å². The first-order valence-corrected chi connectivity index (χ1v) is 12.9. The molecular formula is C35H29N2O+. The minimum Gasteiger partial charge on any atom is -0.456 e. The van der Waals surface area contributed by atoms with E-state index in [0.29, 0.717) is 5.69 Å². The third-order valence-corrected chi connectivity index (χ3v) is 7.82. The van der Waals surface area contributed by atoms with E-state index in [1.807, 2.05) is 37.5 Å². The largest absolute Gasteiger partial charge is 0.456 e. The van der Waals surface area contributed by atoms with Crippen molar-refractivity contribution in [3.8, 4) is 22.4 Å². The molecule has 0 fully saturated rings. The Morgan fingerprint density at radius 2 is 1.47 bits per heavy atom. The maximum absolute atomic E-state index is 7.87. The molecule has 2 heterocycles. The van der Waals surface area contributed by atoms with Crippen molar-refractivity contribution < 1.29 is 8.98 Å². The zero-order valence-electron chi connectivity index (χ0n) is 22.1. The Morgan fingerprint density at radius 1 is 0.763 bits per heavy atom. The predicted octanol–water partition coefficient (Wildman–Crippen LogP) is 8.93. The fraction of sp³-hybridized carbons (Fsp3) is 0.143. The van der Waals surface area contributed by atoms with Crippen LogP contribution in [0.25, 0.3) is 49.2 Å². The standard InChI is InChI=1S/C35H29N2O/c1-23-14-19-28-32-29(36-4)21-20-27(33(32)38-34(28)31(23)30-13-9-10-22-37(30)5)24-15-17-26(18-16-24)35(2,3)25-11-7-6-8-12-25/h6-22H,1-3,5H3/q+1. The van der Waals surface area contributed by atoms with E-state index >= 15 is 0 Å². The molecule has 3 heteroatoms. The van der Waals surface area contributed by atoms with Crippen LogP contribution in [-0.2, 0) is 12.5 Å². The molecule has 0 saturated carbocycles. The normalized spacial score (nSPS) is 11.7. The number of pyridine rings is 1. The highest BCUT2D eigenvalue weighted by Crippen LogP contribution is 2.44. The molecule has 0 unspecified atom stereocenters. The van der Waals surface area contributed by atoms with E-state index in [1.54, 1.807) is 0 Å². The smallest absolute Gasteiger partial charge is 0.216 e. The maximum Gasteiger partial charge on any atom is 0.216 e. The summed E-state index contributed by atoms with van der Waals surface area (Å²) in [4.78, 5) is 3.86. The first-order chi connectivity index (χ1) is 18.4. The molecule has 0 aliphatic carbocycles. The highest BCUT2D eigenvalue weighted by atomic mass is 16.3. The first-order valence-electron chi connectivity index (χ1n) is 12.9. The van der Waals surface area contributed by atoms with Gasteiger partial charge in [-0.1, -0.05) is 92.7 Å². The fourth-order valence-electron chi connectivity index (χ4n) is 5.53. The predicted molar refractivity (Wildman–Crippen MR) is 155 cm³/mol. The Bertz CT molecular complexity index is 1850. The van der Waals surface area contributed by atoms with Crippen molar-refractivity contribution in [1.82, 2.24) is 0 Å². The van der Waals surface area contributed by atoms with E-state index in [-0.39, 0.29) is 5.41 Å². The second-order valence-electron chi connectivity index (χ2n) is 10.4. The molecule has 184 valence electrons. The Labute approximate surface area is 223 Å². The summed E-state index contributed by atoms with van der Waals surface area (Å²) in [5.74, 6) is 0. The molecule has 0 spiro atoms. The zero-order valence-corrected chi connectivity index (χ0v) is 22.1. The molecule has 0 atom stereocenters. The second kappa shape index (κ2) is 9.01. The number of furan rings is 1. The quantitative estimate of drug-likeness (QED) is 0.177. The number of nitrogens with zero attached hydrogens (tertiary/aromatic N) is 2. The van der Waals surface area contributed by atoms with Gasteiger partial charge in [-0.25, -0.2) is 9.41 Å². The number of fused-ring (bicyclic) bond motifs is 3. The van der Waals surface area contributed by atoms with Gasteiger partial charge in [-0.05, 0) is 35.2 Å². The Morgan fingerprint density at radius 3 is 2.18 bits per heavy atom. The maximum atomic E-state index is 7.87. The van der Waals surface area contributed by atoms with Crippen LogP contribution in [-0.4, -0.2) is 0 Å². The average Bonchev–Trinajstić information content (AvgIpc) is 3.33. The highest BCUT2D eigenvalue weighted by Gasteiger charge is 2.25. The third kappa shape index (κ3) is 3.69. The van der Waals surface area contributed by atoms with E-state index in [0.717, 1.165) is 49.9 Å². The van der Waals surface area contributed by atoms with Crippen molar-refractivity contribution >= 4 is 27.6 Å². The Balaban J connectivity index is 1.56. The van der Waals surface area contributed by atoms with Gasteiger partial charge in [0.05, 0.1) is 12.1 Å². The number of hydrogen-bond acceptors (Lipinski definition) is 1. The van der Waals surface area contributed by atoms with Gasteiger partial charge in [0, 0.05) is 33.9 Å². The zero-order chi connectivity index (χ0) is 26.4. The van der Waals surface area contributed by atoms with Crippen LogP contribution in [0.15, 0.2) is 108 Å². The average molecular weight is 494 g/mol. The number of benzene rings is 4. The molecular weight excluding hydrogens is 464 g/mol. The summed E-state index contributed by atoms with van der Waals surface area (Å²) in [6, 6.07) is 33.7. The van der Waals surface area contributed by atoms with E-state index in [2.05, 4.69) is 103 Å². The molecule has 0 amide bonds. The van der Waals surface area contributed by atoms with Crippen LogP contribution in [0.2, 0.25) is 0 Å². The molecule has 0 radical (unpaired) electrons. The summed E-state index contributed by atoms with van der Waals surface area (Å²) in [6.07, 6.45) is 2.05. The van der Waals surface area contributed by atoms with Crippen molar-refractivity contribution in [1.29, 1.82) is 0 Å². The molecule has 3 nitrogen and oxygen atoms in total. The van der Waals surface area contributed by atoms with Crippen LogP contribution in [0.4, 0.5) is 5.69 Å². The first kappa shape index (κ1) is 23.7. The van der Waals surface area contributed by atoms with Crippen molar-refractivity contribution in [3.05, 3.63) is 131 Å². The van der Waals surface area contributed by atoms with Gasteiger partial charge in [-0.3, -0.25) is 0 Å². The second-order valence-corrected chi connectivity index (χ2v) is 10.4. The molecule has 6 rings (SSSR count).